The van der Waals surface area contributed by atoms with E-state index in [9.17, 15) is 9.90 Å². The van der Waals surface area contributed by atoms with Crippen molar-refractivity contribution in [2.24, 2.45) is 0 Å². The molecular weight excluding hydrogens is 296 g/mol. The van der Waals surface area contributed by atoms with Gasteiger partial charge in [-0.15, -0.1) is 0 Å². The lowest BCUT2D eigenvalue weighted by atomic mass is 9.94. The molecular formula is C17H20N2O4. The maximum atomic E-state index is 12.0. The minimum absolute atomic E-state index is 0.0839. The molecule has 1 aromatic heterocycles. The van der Waals surface area contributed by atoms with Crippen LogP contribution in [0.2, 0.25) is 0 Å². The van der Waals surface area contributed by atoms with Crippen LogP contribution in [0.5, 0.6) is 5.75 Å². The molecule has 0 saturated heterocycles. The van der Waals surface area contributed by atoms with E-state index in [1.54, 1.807) is 12.1 Å². The highest BCUT2D eigenvalue weighted by atomic mass is 16.5. The zero-order chi connectivity index (χ0) is 16.2. The minimum atomic E-state index is -0.860. The van der Waals surface area contributed by atoms with Gasteiger partial charge in [0.2, 0.25) is 0 Å². The fraction of sp³-hybridized carbons (Fsp3) is 0.353. The molecule has 0 radical (unpaired) electrons. The summed E-state index contributed by atoms with van der Waals surface area (Å²) >= 11 is 0. The summed E-state index contributed by atoms with van der Waals surface area (Å²) in [7, 11) is 0. The van der Waals surface area contributed by atoms with E-state index in [-0.39, 0.29) is 24.5 Å². The van der Waals surface area contributed by atoms with Gasteiger partial charge >= 0.3 is 6.03 Å². The van der Waals surface area contributed by atoms with Crippen molar-refractivity contribution in [3.63, 3.8) is 0 Å². The second kappa shape index (κ2) is 6.75. The monoisotopic (exact) mass is 316 g/mol. The number of amides is 2. The molecule has 3 N–H and O–H groups in total. The second-order valence-corrected chi connectivity index (χ2v) is 5.63. The summed E-state index contributed by atoms with van der Waals surface area (Å²) in [6.07, 6.45) is 0.625. The molecule has 0 bridgehead atoms. The van der Waals surface area contributed by atoms with Crippen LogP contribution in [0.15, 0.2) is 47.1 Å². The van der Waals surface area contributed by atoms with Crippen LogP contribution in [0.25, 0.3) is 0 Å². The van der Waals surface area contributed by atoms with Crippen LogP contribution in [0, 0.1) is 0 Å². The number of hydrogen-bond donors (Lipinski definition) is 3. The fourth-order valence-corrected chi connectivity index (χ4v) is 2.73. The standard InChI is InChI=1S/C17H20N2O4/c1-11(13-10-23-15-6-3-2-5-12(13)15)19-17(21)18-9-14(20)16-7-4-8-22-16/h2-8,11,13-14,20H,9-10H2,1H3,(H2,18,19,21). The van der Waals surface area contributed by atoms with Crippen molar-refractivity contribution < 1.29 is 19.1 Å². The lowest BCUT2D eigenvalue weighted by molar-refractivity contribution is 0.147. The van der Waals surface area contributed by atoms with Gasteiger partial charge in [0.1, 0.15) is 17.6 Å². The number of nitrogens with one attached hydrogen (secondary N) is 2. The van der Waals surface area contributed by atoms with Gasteiger partial charge in [0.15, 0.2) is 0 Å². The normalized spacial score (nSPS) is 18.6. The maximum Gasteiger partial charge on any atom is 0.315 e. The Labute approximate surface area is 134 Å². The highest BCUT2D eigenvalue weighted by molar-refractivity contribution is 5.74. The first-order valence-electron chi connectivity index (χ1n) is 7.62. The number of ether oxygens (including phenoxy) is 1. The molecule has 2 amide bonds. The summed E-state index contributed by atoms with van der Waals surface area (Å²) in [6, 6.07) is 10.8. The summed E-state index contributed by atoms with van der Waals surface area (Å²) in [5.74, 6) is 1.42. The number of para-hydroxylation sites is 1. The van der Waals surface area contributed by atoms with Gasteiger partial charge in [0.25, 0.3) is 0 Å². The van der Waals surface area contributed by atoms with Crippen LogP contribution in [-0.2, 0) is 0 Å². The van der Waals surface area contributed by atoms with Crippen LogP contribution < -0.4 is 15.4 Å². The Hall–Kier alpha value is -2.47. The SMILES string of the molecule is CC(NC(=O)NCC(O)c1ccco1)C1COc2ccccc21. The quantitative estimate of drug-likeness (QED) is 0.789. The van der Waals surface area contributed by atoms with Gasteiger partial charge in [0.05, 0.1) is 19.4 Å². The van der Waals surface area contributed by atoms with Crippen molar-refractivity contribution in [2.45, 2.75) is 25.0 Å². The number of fused-ring (bicyclic) bond motifs is 1. The van der Waals surface area contributed by atoms with Gasteiger partial charge in [-0.05, 0) is 25.1 Å². The Morgan fingerprint density at radius 3 is 2.96 bits per heavy atom. The number of furan rings is 1. The minimum Gasteiger partial charge on any atom is -0.493 e. The molecule has 0 spiro atoms. The smallest absolute Gasteiger partial charge is 0.315 e. The van der Waals surface area contributed by atoms with Crippen molar-refractivity contribution in [1.82, 2.24) is 10.6 Å². The van der Waals surface area contributed by atoms with E-state index >= 15 is 0 Å². The maximum absolute atomic E-state index is 12.0. The Balaban J connectivity index is 1.50. The van der Waals surface area contributed by atoms with E-state index in [2.05, 4.69) is 10.6 Å². The van der Waals surface area contributed by atoms with E-state index in [0.29, 0.717) is 12.4 Å². The van der Waals surface area contributed by atoms with Gasteiger partial charge in [-0.25, -0.2) is 4.79 Å². The Kier molecular flexibility index (Phi) is 4.52. The number of aliphatic hydroxyl groups is 1. The number of aliphatic hydroxyl groups excluding tert-OH is 1. The molecule has 23 heavy (non-hydrogen) atoms. The van der Waals surface area contributed by atoms with Gasteiger partial charge in [-0.1, -0.05) is 18.2 Å². The van der Waals surface area contributed by atoms with E-state index in [1.807, 2.05) is 31.2 Å². The molecule has 3 unspecified atom stereocenters. The molecule has 6 nitrogen and oxygen atoms in total. The van der Waals surface area contributed by atoms with Crippen molar-refractivity contribution in [3.8, 4) is 5.75 Å². The topological polar surface area (TPSA) is 83.7 Å². The zero-order valence-electron chi connectivity index (χ0n) is 12.9. The third-order valence-electron chi connectivity index (χ3n) is 4.03. The van der Waals surface area contributed by atoms with Gasteiger partial charge < -0.3 is 24.9 Å². The largest absolute Gasteiger partial charge is 0.493 e. The molecule has 2 aromatic rings. The predicted molar refractivity (Wildman–Crippen MR) is 84.3 cm³/mol. The number of carbonyl (C=O) groups is 1. The molecule has 6 heteroatoms. The average Bonchev–Trinajstić information content (AvgIpc) is 3.21. The van der Waals surface area contributed by atoms with Crippen LogP contribution >= 0.6 is 0 Å². The van der Waals surface area contributed by atoms with Gasteiger partial charge in [0, 0.05) is 17.5 Å². The first-order chi connectivity index (χ1) is 11.1. The first-order valence-corrected chi connectivity index (χ1v) is 7.62. The molecule has 0 saturated carbocycles. The highest BCUT2D eigenvalue weighted by Crippen LogP contribution is 2.35. The molecule has 3 atom stereocenters. The summed E-state index contributed by atoms with van der Waals surface area (Å²) in [4.78, 5) is 12.0. The van der Waals surface area contributed by atoms with Crippen molar-refractivity contribution in [3.05, 3.63) is 54.0 Å². The van der Waals surface area contributed by atoms with Crippen LogP contribution in [0.4, 0.5) is 4.79 Å². The summed E-state index contributed by atoms with van der Waals surface area (Å²) < 4.78 is 10.7. The first kappa shape index (κ1) is 15.4. The Morgan fingerprint density at radius 2 is 2.17 bits per heavy atom. The lowest BCUT2D eigenvalue weighted by Crippen LogP contribution is -2.44. The van der Waals surface area contributed by atoms with Crippen molar-refractivity contribution in [2.75, 3.05) is 13.2 Å². The third kappa shape index (κ3) is 3.48. The van der Waals surface area contributed by atoms with Crippen LogP contribution in [-0.4, -0.2) is 30.3 Å². The summed E-state index contributed by atoms with van der Waals surface area (Å²) in [5, 5.41) is 15.4. The van der Waals surface area contributed by atoms with E-state index in [4.69, 9.17) is 9.15 Å². The van der Waals surface area contributed by atoms with Gasteiger partial charge in [-0.2, -0.15) is 0 Å². The molecule has 0 fully saturated rings. The number of urea groups is 1. The molecule has 3 rings (SSSR count). The number of carbonyl (C=O) groups excluding carboxylic acids is 1. The number of rotatable bonds is 5. The second-order valence-electron chi connectivity index (χ2n) is 5.63. The van der Waals surface area contributed by atoms with E-state index in [0.717, 1.165) is 11.3 Å². The van der Waals surface area contributed by atoms with Crippen LogP contribution in [0.1, 0.15) is 30.3 Å². The Morgan fingerprint density at radius 1 is 1.35 bits per heavy atom. The molecule has 1 aromatic carbocycles. The average molecular weight is 316 g/mol. The third-order valence-corrected chi connectivity index (χ3v) is 4.03. The fourth-order valence-electron chi connectivity index (χ4n) is 2.73. The number of hydrogen-bond acceptors (Lipinski definition) is 4. The lowest BCUT2D eigenvalue weighted by Gasteiger charge is -2.20. The van der Waals surface area contributed by atoms with Gasteiger partial charge in [-0.3, -0.25) is 0 Å². The summed E-state index contributed by atoms with van der Waals surface area (Å²) in [6.45, 7) is 2.58. The zero-order valence-corrected chi connectivity index (χ0v) is 12.9. The van der Waals surface area contributed by atoms with E-state index < -0.39 is 6.10 Å². The van der Waals surface area contributed by atoms with Crippen molar-refractivity contribution in [1.29, 1.82) is 0 Å². The molecule has 122 valence electrons. The predicted octanol–water partition coefficient (Wildman–Crippen LogP) is 2.18. The molecule has 2 heterocycles. The van der Waals surface area contributed by atoms with Crippen LogP contribution in [0.3, 0.4) is 0 Å². The van der Waals surface area contributed by atoms with E-state index in [1.165, 1.54) is 6.26 Å². The summed E-state index contributed by atoms with van der Waals surface area (Å²) in [5.41, 5.74) is 1.11. The van der Waals surface area contributed by atoms with Crippen molar-refractivity contribution >= 4 is 6.03 Å². The molecule has 1 aliphatic heterocycles. The highest BCUT2D eigenvalue weighted by Gasteiger charge is 2.29. The molecule has 0 aliphatic carbocycles. The number of benzene rings is 1. The Bertz CT molecular complexity index is 656. The molecule has 1 aliphatic rings.